The van der Waals surface area contributed by atoms with Gasteiger partial charge < -0.3 is 10.5 Å². The van der Waals surface area contributed by atoms with E-state index in [1.54, 1.807) is 0 Å². The quantitative estimate of drug-likeness (QED) is 0.922. The third kappa shape index (κ3) is 2.27. The van der Waals surface area contributed by atoms with Gasteiger partial charge in [-0.3, -0.25) is 0 Å². The van der Waals surface area contributed by atoms with Crippen LogP contribution in [0.3, 0.4) is 0 Å². The van der Waals surface area contributed by atoms with Crippen molar-refractivity contribution in [1.82, 2.24) is 9.61 Å². The Morgan fingerprint density at radius 1 is 1.33 bits per heavy atom. The van der Waals surface area contributed by atoms with E-state index in [1.165, 1.54) is 31.2 Å². The van der Waals surface area contributed by atoms with Crippen molar-refractivity contribution < 1.29 is 4.74 Å². The van der Waals surface area contributed by atoms with Crippen molar-refractivity contribution in [3.8, 4) is 0 Å². The molecular formula is C17H23N3O. The summed E-state index contributed by atoms with van der Waals surface area (Å²) in [5.41, 5.74) is 9.06. The molecule has 2 fully saturated rings. The summed E-state index contributed by atoms with van der Waals surface area (Å²) in [6, 6.07) is 6.21. The van der Waals surface area contributed by atoms with E-state index in [9.17, 15) is 0 Å². The minimum absolute atomic E-state index is 0.0614. The lowest BCUT2D eigenvalue weighted by atomic mass is 9.79. The van der Waals surface area contributed by atoms with Gasteiger partial charge >= 0.3 is 0 Å². The van der Waals surface area contributed by atoms with Gasteiger partial charge in [-0.1, -0.05) is 18.9 Å². The second-order valence-electron chi connectivity index (χ2n) is 6.65. The summed E-state index contributed by atoms with van der Waals surface area (Å²) in [5.74, 6) is 0.505. The maximum absolute atomic E-state index is 6.62. The number of ether oxygens (including phenoxy) is 1. The third-order valence-electron chi connectivity index (χ3n) is 5.37. The number of pyridine rings is 1. The lowest BCUT2D eigenvalue weighted by Gasteiger charge is -2.40. The van der Waals surface area contributed by atoms with Crippen molar-refractivity contribution in [1.29, 1.82) is 0 Å². The number of fused-ring (bicyclic) bond motifs is 1. The molecule has 2 aromatic rings. The second kappa shape index (κ2) is 5.11. The van der Waals surface area contributed by atoms with Crippen molar-refractivity contribution in [3.05, 3.63) is 36.2 Å². The molecule has 1 aliphatic carbocycles. The molecule has 2 aromatic heterocycles. The van der Waals surface area contributed by atoms with Crippen molar-refractivity contribution >= 4 is 5.52 Å². The molecule has 2 aliphatic rings. The molecule has 0 aromatic carbocycles. The van der Waals surface area contributed by atoms with Crippen molar-refractivity contribution in [2.75, 3.05) is 6.61 Å². The fourth-order valence-electron chi connectivity index (χ4n) is 4.21. The van der Waals surface area contributed by atoms with E-state index in [4.69, 9.17) is 10.5 Å². The Morgan fingerprint density at radius 2 is 2.19 bits per heavy atom. The number of hydrogen-bond donors (Lipinski definition) is 1. The van der Waals surface area contributed by atoms with Gasteiger partial charge in [0.1, 0.15) is 0 Å². The van der Waals surface area contributed by atoms with Gasteiger partial charge in [0.25, 0.3) is 0 Å². The average Bonchev–Trinajstić information content (AvgIpc) is 3.14. The number of nitrogens with zero attached hydrogens (tertiary/aromatic N) is 2. The monoisotopic (exact) mass is 285 g/mol. The molecular weight excluding hydrogens is 262 g/mol. The predicted molar refractivity (Wildman–Crippen MR) is 82.0 cm³/mol. The van der Waals surface area contributed by atoms with Crippen LogP contribution in [0.2, 0.25) is 0 Å². The van der Waals surface area contributed by atoms with E-state index >= 15 is 0 Å². The summed E-state index contributed by atoms with van der Waals surface area (Å²) in [6.45, 7) is 0.859. The van der Waals surface area contributed by atoms with Gasteiger partial charge in [0, 0.05) is 24.4 Å². The number of hydrogen-bond acceptors (Lipinski definition) is 3. The zero-order valence-corrected chi connectivity index (χ0v) is 12.4. The van der Waals surface area contributed by atoms with Gasteiger partial charge in [0.05, 0.1) is 17.3 Å². The molecule has 1 aliphatic heterocycles. The zero-order valence-electron chi connectivity index (χ0n) is 12.4. The molecule has 0 bridgehead atoms. The molecule has 0 amide bonds. The molecule has 112 valence electrons. The molecule has 0 radical (unpaired) electrons. The van der Waals surface area contributed by atoms with Crippen LogP contribution in [0.25, 0.3) is 5.52 Å². The van der Waals surface area contributed by atoms with E-state index in [-0.39, 0.29) is 11.6 Å². The Kier molecular flexibility index (Phi) is 3.23. The number of nitrogens with two attached hydrogens (primary N) is 1. The van der Waals surface area contributed by atoms with Gasteiger partial charge in [-0.05, 0) is 43.7 Å². The summed E-state index contributed by atoms with van der Waals surface area (Å²) in [5, 5.41) is 4.43. The fraction of sp³-hybridized carbons (Fsp3) is 0.588. The molecule has 3 heterocycles. The highest BCUT2D eigenvalue weighted by molar-refractivity contribution is 5.54. The van der Waals surface area contributed by atoms with Gasteiger partial charge in [-0.2, -0.15) is 5.10 Å². The van der Waals surface area contributed by atoms with E-state index in [0.717, 1.165) is 25.0 Å². The molecule has 4 nitrogen and oxygen atoms in total. The van der Waals surface area contributed by atoms with Crippen LogP contribution < -0.4 is 5.73 Å². The standard InChI is InChI=1S/C17H23N3O/c18-16(14-12-19-20-9-4-1-5-15(14)20)13-6-10-21-17(11-13)7-2-3-8-17/h1,4-5,9,12-13,16H,2-3,6-8,10-11,18H2. The summed E-state index contributed by atoms with van der Waals surface area (Å²) >= 11 is 0. The lowest BCUT2D eigenvalue weighted by Crippen LogP contribution is -2.40. The van der Waals surface area contributed by atoms with Crippen LogP contribution in [0.5, 0.6) is 0 Å². The lowest BCUT2D eigenvalue weighted by molar-refractivity contribution is -0.0963. The van der Waals surface area contributed by atoms with Crippen molar-refractivity contribution in [2.24, 2.45) is 11.7 Å². The van der Waals surface area contributed by atoms with E-state index in [1.807, 2.05) is 23.0 Å². The summed E-state index contributed by atoms with van der Waals surface area (Å²) < 4.78 is 8.05. The number of aromatic nitrogens is 2. The third-order valence-corrected chi connectivity index (χ3v) is 5.37. The molecule has 2 unspecified atom stereocenters. The summed E-state index contributed by atoms with van der Waals surface area (Å²) in [7, 11) is 0. The Balaban J connectivity index is 1.60. The predicted octanol–water partition coefficient (Wildman–Crippen LogP) is 3.07. The van der Waals surface area contributed by atoms with Gasteiger partial charge in [-0.25, -0.2) is 4.52 Å². The fourth-order valence-corrected chi connectivity index (χ4v) is 4.21. The van der Waals surface area contributed by atoms with Gasteiger partial charge in [0.15, 0.2) is 0 Å². The molecule has 1 saturated carbocycles. The molecule has 21 heavy (non-hydrogen) atoms. The normalized spacial score (nSPS) is 26.4. The minimum atomic E-state index is 0.0614. The highest BCUT2D eigenvalue weighted by Gasteiger charge is 2.41. The van der Waals surface area contributed by atoms with Crippen LogP contribution in [0.15, 0.2) is 30.6 Å². The maximum atomic E-state index is 6.62. The number of rotatable bonds is 2. The molecule has 4 rings (SSSR count). The summed E-state index contributed by atoms with van der Waals surface area (Å²) in [4.78, 5) is 0. The SMILES string of the molecule is NC(c1cnn2ccccc12)C1CCOC2(CCCC2)C1. The average molecular weight is 285 g/mol. The van der Waals surface area contributed by atoms with Crippen molar-refractivity contribution in [3.63, 3.8) is 0 Å². The molecule has 1 saturated heterocycles. The van der Waals surface area contributed by atoms with Crippen LogP contribution in [0.4, 0.5) is 0 Å². The Labute approximate surface area is 125 Å². The topological polar surface area (TPSA) is 52.5 Å². The highest BCUT2D eigenvalue weighted by Crippen LogP contribution is 2.45. The van der Waals surface area contributed by atoms with Crippen LogP contribution in [-0.2, 0) is 4.74 Å². The zero-order chi connectivity index (χ0) is 14.3. The Hall–Kier alpha value is -1.39. The largest absolute Gasteiger partial charge is 0.375 e. The Morgan fingerprint density at radius 3 is 3.05 bits per heavy atom. The molecule has 1 spiro atoms. The first-order valence-corrected chi connectivity index (χ1v) is 8.09. The summed E-state index contributed by atoms with van der Waals surface area (Å²) in [6.07, 6.45) is 11.1. The van der Waals surface area contributed by atoms with Gasteiger partial charge in [0.2, 0.25) is 0 Å². The van der Waals surface area contributed by atoms with E-state index in [0.29, 0.717) is 5.92 Å². The van der Waals surface area contributed by atoms with E-state index in [2.05, 4.69) is 17.2 Å². The minimum Gasteiger partial charge on any atom is -0.375 e. The first-order valence-electron chi connectivity index (χ1n) is 8.09. The second-order valence-corrected chi connectivity index (χ2v) is 6.65. The molecule has 2 atom stereocenters. The van der Waals surface area contributed by atoms with Crippen LogP contribution >= 0.6 is 0 Å². The molecule has 4 heteroatoms. The Bertz CT molecular complexity index is 630. The molecule has 2 N–H and O–H groups in total. The van der Waals surface area contributed by atoms with Crippen LogP contribution in [0, 0.1) is 5.92 Å². The van der Waals surface area contributed by atoms with Crippen LogP contribution in [0.1, 0.15) is 50.1 Å². The maximum Gasteiger partial charge on any atom is 0.0709 e. The smallest absolute Gasteiger partial charge is 0.0709 e. The van der Waals surface area contributed by atoms with Crippen LogP contribution in [-0.4, -0.2) is 21.8 Å². The first kappa shape index (κ1) is 13.3. The van der Waals surface area contributed by atoms with Gasteiger partial charge in [-0.15, -0.1) is 0 Å². The highest BCUT2D eigenvalue weighted by atomic mass is 16.5. The van der Waals surface area contributed by atoms with E-state index < -0.39 is 0 Å². The van der Waals surface area contributed by atoms with Crippen molar-refractivity contribution in [2.45, 2.75) is 50.2 Å². The first-order chi connectivity index (χ1) is 10.3.